The van der Waals surface area contributed by atoms with Gasteiger partial charge in [0.1, 0.15) is 0 Å². The highest BCUT2D eigenvalue weighted by molar-refractivity contribution is 8.20. The molecule has 1 rings (SSSR count). The maximum absolute atomic E-state index is 4.47. The van der Waals surface area contributed by atoms with Crippen molar-refractivity contribution in [2.24, 2.45) is 0 Å². The fourth-order valence-corrected chi connectivity index (χ4v) is 5.00. The molecule has 2 atom stereocenters. The summed E-state index contributed by atoms with van der Waals surface area (Å²) in [6, 6.07) is 0. The monoisotopic (exact) mass is 198 g/mol. The average Bonchev–Trinajstić information content (AvgIpc) is 1.60. The Labute approximate surface area is 75.7 Å². The summed E-state index contributed by atoms with van der Waals surface area (Å²) in [4.78, 5) is 0. The van der Waals surface area contributed by atoms with Crippen LogP contribution in [0.25, 0.3) is 0 Å². The molecule has 0 aromatic heterocycles. The second-order valence-corrected chi connectivity index (χ2v) is 7.26. The molecule has 9 heavy (non-hydrogen) atoms. The molecule has 1 fully saturated rings. The van der Waals surface area contributed by atoms with Crippen molar-refractivity contribution < 1.29 is 0 Å². The first-order chi connectivity index (χ1) is 4.10. The van der Waals surface area contributed by atoms with Crippen molar-refractivity contribution in [3.63, 3.8) is 0 Å². The van der Waals surface area contributed by atoms with E-state index >= 15 is 0 Å². The zero-order chi connectivity index (χ0) is 6.91. The van der Waals surface area contributed by atoms with Gasteiger partial charge in [0.15, 0.2) is 0 Å². The molecule has 0 radical (unpaired) electrons. The third kappa shape index (κ3) is 2.87. The Morgan fingerprint density at radius 2 is 2.33 bits per heavy atom. The van der Waals surface area contributed by atoms with Gasteiger partial charge in [0.05, 0.1) is 8.66 Å². The minimum Gasteiger partial charge on any atom is -0.164 e. The van der Waals surface area contributed by atoms with Crippen LogP contribution in [0.15, 0.2) is 0 Å². The van der Waals surface area contributed by atoms with Crippen LogP contribution < -0.4 is 0 Å². The molecule has 0 amide bonds. The quantitative estimate of drug-likeness (QED) is 0.574. The van der Waals surface area contributed by atoms with Gasteiger partial charge in [-0.1, -0.05) is 0 Å². The van der Waals surface area contributed by atoms with Crippen LogP contribution in [0.5, 0.6) is 0 Å². The Balaban J connectivity index is 2.41. The molecule has 0 bridgehead atoms. The molecular formula is C5H10S4. The zero-order valence-corrected chi connectivity index (χ0v) is 8.62. The van der Waals surface area contributed by atoms with Crippen LogP contribution in [0, 0.1) is 0 Å². The van der Waals surface area contributed by atoms with Crippen LogP contribution in [0.3, 0.4) is 0 Å². The van der Waals surface area contributed by atoms with E-state index in [1.807, 2.05) is 23.5 Å². The largest absolute Gasteiger partial charge is 0.164 e. The van der Waals surface area contributed by atoms with Gasteiger partial charge >= 0.3 is 0 Å². The minimum absolute atomic E-state index is 0.148. The van der Waals surface area contributed by atoms with E-state index in [9.17, 15) is 0 Å². The maximum atomic E-state index is 4.47. The lowest BCUT2D eigenvalue weighted by Crippen LogP contribution is -2.24. The Morgan fingerprint density at radius 1 is 1.67 bits per heavy atom. The van der Waals surface area contributed by atoms with Crippen molar-refractivity contribution in [2.75, 3.05) is 11.5 Å². The third-order valence-electron chi connectivity index (χ3n) is 1.02. The van der Waals surface area contributed by atoms with Crippen LogP contribution in [0.4, 0.5) is 0 Å². The lowest BCUT2D eigenvalue weighted by molar-refractivity contribution is 1.04. The lowest BCUT2D eigenvalue weighted by Gasteiger charge is -2.30. The Bertz CT molecular complexity index is 101. The van der Waals surface area contributed by atoms with Gasteiger partial charge in [0, 0.05) is 11.5 Å². The van der Waals surface area contributed by atoms with E-state index in [4.69, 9.17) is 0 Å². The smallest absolute Gasteiger partial charge is 0.0654 e. The zero-order valence-electron chi connectivity index (χ0n) is 5.20. The highest BCUT2D eigenvalue weighted by Gasteiger charge is 2.27. The van der Waals surface area contributed by atoms with Gasteiger partial charge in [0.25, 0.3) is 0 Å². The van der Waals surface area contributed by atoms with Crippen LogP contribution in [-0.2, 0) is 0 Å². The molecule has 1 saturated heterocycles. The van der Waals surface area contributed by atoms with Crippen molar-refractivity contribution in [3.05, 3.63) is 0 Å². The van der Waals surface area contributed by atoms with Crippen molar-refractivity contribution >= 4 is 48.8 Å². The molecule has 1 aliphatic heterocycles. The van der Waals surface area contributed by atoms with Gasteiger partial charge in [-0.05, 0) is 6.92 Å². The molecule has 4 heteroatoms. The standard InChI is InChI=1S/C5H10S4/c1-5(7)3-8-2-4(6)9-5/h4,6-7H,2-3H2,1H3. The normalized spacial score (nSPS) is 45.0. The molecule has 0 aliphatic carbocycles. The van der Waals surface area contributed by atoms with Crippen LogP contribution in [-0.4, -0.2) is 20.2 Å². The van der Waals surface area contributed by atoms with Crippen molar-refractivity contribution in [1.82, 2.24) is 0 Å². The van der Waals surface area contributed by atoms with Crippen LogP contribution >= 0.6 is 48.8 Å². The lowest BCUT2D eigenvalue weighted by atomic mass is 10.5. The summed E-state index contributed by atoms with van der Waals surface area (Å²) < 4.78 is 0.626. The summed E-state index contributed by atoms with van der Waals surface area (Å²) in [5.41, 5.74) is 0. The van der Waals surface area contributed by atoms with E-state index in [1.54, 1.807) is 0 Å². The Hall–Kier alpha value is 1.40. The van der Waals surface area contributed by atoms with Crippen LogP contribution in [0.1, 0.15) is 6.92 Å². The second-order valence-electron chi connectivity index (χ2n) is 2.26. The highest BCUT2D eigenvalue weighted by atomic mass is 32.2. The topological polar surface area (TPSA) is 0 Å². The maximum Gasteiger partial charge on any atom is 0.0654 e. The van der Waals surface area contributed by atoms with Gasteiger partial charge in [-0.3, -0.25) is 0 Å². The molecule has 0 saturated carbocycles. The Morgan fingerprint density at radius 3 is 2.67 bits per heavy atom. The predicted octanol–water partition coefficient (Wildman–Crippen LogP) is 2.37. The van der Waals surface area contributed by atoms with Gasteiger partial charge in [-0.25, -0.2) is 0 Å². The molecule has 2 unspecified atom stereocenters. The van der Waals surface area contributed by atoms with E-state index in [0.717, 1.165) is 11.5 Å². The fourth-order valence-electron chi connectivity index (χ4n) is 0.710. The summed E-state index contributed by atoms with van der Waals surface area (Å²) >= 11 is 12.6. The summed E-state index contributed by atoms with van der Waals surface area (Å²) in [6.45, 7) is 2.15. The van der Waals surface area contributed by atoms with Gasteiger partial charge < -0.3 is 0 Å². The molecule has 0 spiro atoms. The van der Waals surface area contributed by atoms with Gasteiger partial charge in [0.2, 0.25) is 0 Å². The first-order valence-corrected chi connectivity index (χ1v) is 5.76. The molecular weight excluding hydrogens is 188 g/mol. The fraction of sp³-hybridized carbons (Fsp3) is 1.00. The molecule has 0 nitrogen and oxygen atoms in total. The summed E-state index contributed by atoms with van der Waals surface area (Å²) in [7, 11) is 0. The first-order valence-electron chi connectivity index (χ1n) is 2.76. The van der Waals surface area contributed by atoms with Crippen molar-refractivity contribution in [3.8, 4) is 0 Å². The minimum atomic E-state index is 0.148. The molecule has 1 aliphatic rings. The van der Waals surface area contributed by atoms with E-state index in [2.05, 4.69) is 32.2 Å². The van der Waals surface area contributed by atoms with Crippen molar-refractivity contribution in [1.29, 1.82) is 0 Å². The summed E-state index contributed by atoms with van der Waals surface area (Å²) in [5.74, 6) is 2.29. The van der Waals surface area contributed by atoms with E-state index in [-0.39, 0.29) is 4.08 Å². The SMILES string of the molecule is CC1(S)CSCC(S)S1. The molecule has 0 aromatic carbocycles. The third-order valence-corrected chi connectivity index (χ3v) is 5.29. The molecule has 0 N–H and O–H groups in total. The predicted molar refractivity (Wildman–Crippen MR) is 55.1 cm³/mol. The van der Waals surface area contributed by atoms with Crippen molar-refractivity contribution in [2.45, 2.75) is 15.6 Å². The first kappa shape index (κ1) is 8.50. The number of thiol groups is 2. The average molecular weight is 198 g/mol. The number of thioether (sulfide) groups is 2. The number of rotatable bonds is 0. The van der Waals surface area contributed by atoms with Gasteiger partial charge in [-0.15, -0.1) is 11.8 Å². The second kappa shape index (κ2) is 3.20. The number of hydrogen-bond donors (Lipinski definition) is 2. The van der Waals surface area contributed by atoms with Crippen LogP contribution in [0.2, 0.25) is 0 Å². The Kier molecular flexibility index (Phi) is 3.02. The van der Waals surface area contributed by atoms with E-state index in [0.29, 0.717) is 4.58 Å². The molecule has 54 valence electrons. The summed E-state index contributed by atoms with van der Waals surface area (Å²) in [6.07, 6.45) is 0. The molecule has 1 heterocycles. The van der Waals surface area contributed by atoms with Gasteiger partial charge in [-0.2, -0.15) is 37.0 Å². The van der Waals surface area contributed by atoms with E-state index < -0.39 is 0 Å². The van der Waals surface area contributed by atoms with E-state index in [1.165, 1.54) is 0 Å². The highest BCUT2D eigenvalue weighted by Crippen LogP contribution is 2.42. The summed E-state index contributed by atoms with van der Waals surface area (Å²) in [5, 5.41) is 0. The molecule has 0 aromatic rings. The number of hydrogen-bond acceptors (Lipinski definition) is 4.